The first-order chi connectivity index (χ1) is 7.66. The Hall–Kier alpha value is -1.88. The molecule has 16 heavy (non-hydrogen) atoms. The summed E-state index contributed by atoms with van der Waals surface area (Å²) in [6, 6.07) is 4.89. The van der Waals surface area contributed by atoms with Gasteiger partial charge in [0.15, 0.2) is 0 Å². The van der Waals surface area contributed by atoms with E-state index in [-0.39, 0.29) is 5.91 Å². The normalized spacial score (nSPS) is 10.1. The molecule has 0 aliphatic carbocycles. The van der Waals surface area contributed by atoms with E-state index in [4.69, 9.17) is 11.6 Å². The minimum absolute atomic E-state index is 0.243. The quantitative estimate of drug-likeness (QED) is 0.808. The molecule has 6 heteroatoms. The zero-order chi connectivity index (χ0) is 11.5. The van der Waals surface area contributed by atoms with Crippen LogP contribution in [0.1, 0.15) is 10.4 Å². The Morgan fingerprint density at radius 3 is 2.81 bits per heavy atom. The maximum Gasteiger partial charge on any atom is 0.258 e. The highest BCUT2D eigenvalue weighted by Gasteiger charge is 2.08. The molecule has 0 unspecified atom stereocenters. The van der Waals surface area contributed by atoms with E-state index in [1.54, 1.807) is 36.1 Å². The first-order valence-electron chi connectivity index (χ1n) is 4.58. The lowest BCUT2D eigenvalue weighted by molar-refractivity contribution is 0.102. The Labute approximate surface area is 97.1 Å². The molecule has 0 saturated heterocycles. The number of aryl methyl sites for hydroxylation is 1. The third-order valence-corrected chi connectivity index (χ3v) is 2.28. The molecule has 0 fully saturated rings. The van der Waals surface area contributed by atoms with Crippen LogP contribution in [-0.2, 0) is 7.05 Å². The largest absolute Gasteiger partial charge is 0.307 e. The maximum atomic E-state index is 11.7. The van der Waals surface area contributed by atoms with Crippen LogP contribution in [0.2, 0.25) is 5.15 Å². The predicted octanol–water partition coefficient (Wildman–Crippen LogP) is 1.72. The summed E-state index contributed by atoms with van der Waals surface area (Å²) in [4.78, 5) is 15.6. The highest BCUT2D eigenvalue weighted by atomic mass is 35.5. The van der Waals surface area contributed by atoms with Gasteiger partial charge in [0, 0.05) is 19.3 Å². The third-order valence-electron chi connectivity index (χ3n) is 2.05. The Bertz CT molecular complexity index is 506. The average Bonchev–Trinajstić information content (AvgIpc) is 2.65. The maximum absolute atomic E-state index is 11.7. The lowest BCUT2D eigenvalue weighted by Crippen LogP contribution is -2.14. The van der Waals surface area contributed by atoms with Crippen LogP contribution >= 0.6 is 11.6 Å². The molecular weight excluding hydrogens is 228 g/mol. The van der Waals surface area contributed by atoms with Crippen LogP contribution in [0.15, 0.2) is 30.6 Å². The van der Waals surface area contributed by atoms with E-state index in [2.05, 4.69) is 15.4 Å². The number of rotatable bonds is 2. The van der Waals surface area contributed by atoms with Gasteiger partial charge >= 0.3 is 0 Å². The molecule has 2 aromatic heterocycles. The van der Waals surface area contributed by atoms with Crippen molar-refractivity contribution in [1.29, 1.82) is 0 Å². The van der Waals surface area contributed by atoms with Crippen molar-refractivity contribution in [3.63, 3.8) is 0 Å². The van der Waals surface area contributed by atoms with Crippen molar-refractivity contribution in [2.75, 3.05) is 5.32 Å². The van der Waals surface area contributed by atoms with E-state index in [1.807, 2.05) is 0 Å². The van der Waals surface area contributed by atoms with Gasteiger partial charge in [-0.3, -0.25) is 9.48 Å². The number of pyridine rings is 1. The van der Waals surface area contributed by atoms with Gasteiger partial charge in [-0.2, -0.15) is 5.10 Å². The number of halogens is 1. The van der Waals surface area contributed by atoms with Crippen molar-refractivity contribution in [2.24, 2.45) is 7.05 Å². The highest BCUT2D eigenvalue weighted by molar-refractivity contribution is 6.29. The predicted molar refractivity (Wildman–Crippen MR) is 60.4 cm³/mol. The number of nitrogens with one attached hydrogen (secondary N) is 1. The molecule has 82 valence electrons. The fraction of sp³-hybridized carbons (Fsp3) is 0.100. The molecule has 0 radical (unpaired) electrons. The van der Waals surface area contributed by atoms with Gasteiger partial charge in [0.05, 0.1) is 11.8 Å². The number of nitrogens with zero attached hydrogens (tertiary/aromatic N) is 3. The van der Waals surface area contributed by atoms with E-state index in [0.717, 1.165) is 0 Å². The van der Waals surface area contributed by atoms with Crippen LogP contribution in [0.5, 0.6) is 0 Å². The zero-order valence-corrected chi connectivity index (χ0v) is 9.27. The molecule has 1 N–H and O–H groups in total. The number of anilines is 1. The average molecular weight is 237 g/mol. The summed E-state index contributed by atoms with van der Waals surface area (Å²) in [6.07, 6.45) is 3.03. The molecule has 5 nitrogen and oxygen atoms in total. The van der Waals surface area contributed by atoms with E-state index in [0.29, 0.717) is 16.5 Å². The Kier molecular flexibility index (Phi) is 2.87. The summed E-state index contributed by atoms with van der Waals surface area (Å²) < 4.78 is 1.57. The van der Waals surface area contributed by atoms with Crippen LogP contribution in [0.25, 0.3) is 0 Å². The third kappa shape index (κ3) is 2.20. The van der Waals surface area contributed by atoms with E-state index in [1.165, 1.54) is 6.20 Å². The fourth-order valence-corrected chi connectivity index (χ4v) is 1.31. The summed E-state index contributed by atoms with van der Waals surface area (Å²) in [5, 5.41) is 7.01. The number of amides is 1. The van der Waals surface area contributed by atoms with E-state index in [9.17, 15) is 4.79 Å². The van der Waals surface area contributed by atoms with Gasteiger partial charge in [0.2, 0.25) is 0 Å². The molecule has 0 atom stereocenters. The van der Waals surface area contributed by atoms with Crippen LogP contribution < -0.4 is 5.32 Å². The summed E-state index contributed by atoms with van der Waals surface area (Å²) in [5.41, 5.74) is 0.450. The zero-order valence-electron chi connectivity index (χ0n) is 8.51. The minimum Gasteiger partial charge on any atom is -0.307 e. The summed E-state index contributed by atoms with van der Waals surface area (Å²) in [5.74, 6) is 0.382. The Balaban J connectivity index is 2.15. The van der Waals surface area contributed by atoms with Crippen molar-refractivity contribution < 1.29 is 4.79 Å². The monoisotopic (exact) mass is 236 g/mol. The number of hydrogen-bond acceptors (Lipinski definition) is 3. The first-order valence-corrected chi connectivity index (χ1v) is 4.95. The van der Waals surface area contributed by atoms with Gasteiger partial charge < -0.3 is 5.32 Å². The van der Waals surface area contributed by atoms with Crippen molar-refractivity contribution >= 4 is 23.3 Å². The Morgan fingerprint density at radius 2 is 2.25 bits per heavy atom. The van der Waals surface area contributed by atoms with Crippen molar-refractivity contribution in [1.82, 2.24) is 14.8 Å². The second-order valence-electron chi connectivity index (χ2n) is 3.16. The molecule has 0 bridgehead atoms. The second-order valence-corrected chi connectivity index (χ2v) is 3.55. The molecule has 1 amide bonds. The molecule has 2 aromatic rings. The van der Waals surface area contributed by atoms with Crippen LogP contribution in [0.4, 0.5) is 5.82 Å². The smallest absolute Gasteiger partial charge is 0.258 e. The van der Waals surface area contributed by atoms with E-state index >= 15 is 0 Å². The van der Waals surface area contributed by atoms with Crippen LogP contribution in [-0.4, -0.2) is 20.7 Å². The van der Waals surface area contributed by atoms with Gasteiger partial charge in [-0.1, -0.05) is 11.6 Å². The number of aromatic nitrogens is 3. The van der Waals surface area contributed by atoms with Crippen LogP contribution in [0, 0.1) is 0 Å². The SMILES string of the molecule is Cn1nccc1NC(=O)c1ccc(Cl)nc1. The summed E-state index contributed by atoms with van der Waals surface area (Å²) in [7, 11) is 1.75. The lowest BCUT2D eigenvalue weighted by atomic mass is 10.3. The first kappa shape index (κ1) is 10.6. The van der Waals surface area contributed by atoms with Crippen molar-refractivity contribution in [3.05, 3.63) is 41.3 Å². The topological polar surface area (TPSA) is 59.8 Å². The summed E-state index contributed by atoms with van der Waals surface area (Å²) >= 11 is 5.63. The number of carbonyl (C=O) groups is 1. The molecule has 0 spiro atoms. The molecule has 0 saturated carbocycles. The molecule has 2 heterocycles. The van der Waals surface area contributed by atoms with Crippen LogP contribution in [0.3, 0.4) is 0 Å². The van der Waals surface area contributed by atoms with Crippen molar-refractivity contribution in [3.8, 4) is 0 Å². The highest BCUT2D eigenvalue weighted by Crippen LogP contribution is 2.09. The standard InChI is InChI=1S/C10H9ClN4O/c1-15-9(4-5-13-15)14-10(16)7-2-3-8(11)12-6-7/h2-6H,1H3,(H,14,16). The lowest BCUT2D eigenvalue weighted by Gasteiger charge is -2.04. The minimum atomic E-state index is -0.243. The van der Waals surface area contributed by atoms with Gasteiger partial charge in [0.25, 0.3) is 5.91 Å². The Morgan fingerprint density at radius 1 is 1.44 bits per heavy atom. The molecular formula is C10H9ClN4O. The van der Waals surface area contributed by atoms with Crippen molar-refractivity contribution in [2.45, 2.75) is 0 Å². The molecule has 0 aliphatic rings. The summed E-state index contributed by atoms with van der Waals surface area (Å²) in [6.45, 7) is 0. The molecule has 0 aliphatic heterocycles. The van der Waals surface area contributed by atoms with Gasteiger partial charge in [-0.25, -0.2) is 4.98 Å². The molecule has 2 rings (SSSR count). The number of carbonyl (C=O) groups excluding carboxylic acids is 1. The number of hydrogen-bond donors (Lipinski definition) is 1. The van der Waals surface area contributed by atoms with Gasteiger partial charge in [-0.05, 0) is 12.1 Å². The second kappa shape index (κ2) is 4.32. The van der Waals surface area contributed by atoms with E-state index < -0.39 is 0 Å². The van der Waals surface area contributed by atoms with Gasteiger partial charge in [-0.15, -0.1) is 0 Å². The fourth-order valence-electron chi connectivity index (χ4n) is 1.20. The molecule has 0 aromatic carbocycles. The van der Waals surface area contributed by atoms with Gasteiger partial charge in [0.1, 0.15) is 11.0 Å².